The summed E-state index contributed by atoms with van der Waals surface area (Å²) >= 11 is 6.24. The number of fused-ring (bicyclic) bond motifs is 1. The maximum Gasteiger partial charge on any atom is 0.276 e. The lowest BCUT2D eigenvalue weighted by Crippen LogP contribution is -2.43. The minimum atomic E-state index is -0.739. The Morgan fingerprint density at radius 3 is 2.67 bits per heavy atom. The molecule has 3 aromatic heterocycles. The minimum Gasteiger partial charge on any atom is -0.367 e. The van der Waals surface area contributed by atoms with Crippen molar-refractivity contribution in [3.05, 3.63) is 81.1 Å². The first-order chi connectivity index (χ1) is 17.3. The molecule has 1 saturated heterocycles. The molecule has 2 atom stereocenters. The van der Waals surface area contributed by atoms with Gasteiger partial charge in [-0.15, -0.1) is 0 Å². The summed E-state index contributed by atoms with van der Waals surface area (Å²) in [4.78, 5) is 19.7. The van der Waals surface area contributed by atoms with Crippen LogP contribution in [-0.2, 0) is 4.74 Å². The Morgan fingerprint density at radius 1 is 1.11 bits per heavy atom. The Kier molecular flexibility index (Phi) is 5.57. The molecule has 0 spiro atoms. The van der Waals surface area contributed by atoms with Gasteiger partial charge in [0.1, 0.15) is 28.4 Å². The fourth-order valence-electron chi connectivity index (χ4n) is 4.79. The average molecular weight is 512 g/mol. The highest BCUT2D eigenvalue weighted by atomic mass is 35.5. The number of hydrogen-bond donors (Lipinski definition) is 0. The van der Waals surface area contributed by atoms with E-state index in [4.69, 9.17) is 16.3 Å². The molecule has 1 aromatic carbocycles. The number of benzene rings is 1. The normalized spacial score (nSPS) is 20.3. The zero-order valence-electron chi connectivity index (χ0n) is 19.8. The predicted octanol–water partition coefficient (Wildman–Crippen LogP) is 5.10. The first kappa shape index (κ1) is 23.1. The molecule has 2 aliphatic rings. The fraction of sp³-hybridized carbons (Fsp3) is 0.346. The standard InChI is InChI=1S/C26H24ClF2N5O2/c1-14-10-32(13-23(36-14)16-9-30-34(11-16)18-4-5-18)19-8-21(20-6-3-17(28)7-22(20)29)25-31-15(2)24(27)26(35)33(25)12-19/h3,6-9,11-12,14,18,23H,4-5,10,13H2,1-2H3. The van der Waals surface area contributed by atoms with Gasteiger partial charge < -0.3 is 9.64 Å². The molecular formula is C26H24ClF2N5O2. The second-order valence-corrected chi connectivity index (χ2v) is 9.95. The molecule has 0 N–H and O–H groups in total. The monoisotopic (exact) mass is 511 g/mol. The van der Waals surface area contributed by atoms with Gasteiger partial charge in [-0.05, 0) is 44.9 Å². The molecule has 1 aliphatic heterocycles. The van der Waals surface area contributed by atoms with Crippen LogP contribution in [-0.4, -0.2) is 38.4 Å². The van der Waals surface area contributed by atoms with Crippen LogP contribution in [0.2, 0.25) is 5.02 Å². The number of aromatic nitrogens is 4. The number of morpholine rings is 1. The highest BCUT2D eigenvalue weighted by molar-refractivity contribution is 6.31. The fourth-order valence-corrected chi connectivity index (χ4v) is 4.93. The molecule has 7 nitrogen and oxygen atoms in total. The van der Waals surface area contributed by atoms with Gasteiger partial charge in [-0.3, -0.25) is 13.9 Å². The number of ether oxygens (including phenoxy) is 1. The van der Waals surface area contributed by atoms with Crippen LogP contribution in [0.5, 0.6) is 0 Å². The van der Waals surface area contributed by atoms with E-state index in [0.717, 1.165) is 24.5 Å². The van der Waals surface area contributed by atoms with E-state index in [9.17, 15) is 13.6 Å². The summed E-state index contributed by atoms with van der Waals surface area (Å²) in [6, 6.07) is 5.62. The van der Waals surface area contributed by atoms with E-state index in [1.807, 2.05) is 24.0 Å². The topological polar surface area (TPSA) is 64.7 Å². The van der Waals surface area contributed by atoms with Crippen LogP contribution in [0.3, 0.4) is 0 Å². The molecule has 2 fully saturated rings. The molecular weight excluding hydrogens is 488 g/mol. The van der Waals surface area contributed by atoms with Gasteiger partial charge in [-0.2, -0.15) is 5.10 Å². The van der Waals surface area contributed by atoms with Crippen molar-refractivity contribution < 1.29 is 13.5 Å². The third-order valence-corrected chi connectivity index (χ3v) is 7.22. The molecule has 36 heavy (non-hydrogen) atoms. The molecule has 1 saturated carbocycles. The van der Waals surface area contributed by atoms with Gasteiger partial charge in [0.15, 0.2) is 0 Å². The lowest BCUT2D eigenvalue weighted by Gasteiger charge is -2.38. The maximum atomic E-state index is 14.9. The van der Waals surface area contributed by atoms with Crippen LogP contribution >= 0.6 is 11.6 Å². The summed E-state index contributed by atoms with van der Waals surface area (Å²) in [5, 5.41) is 4.49. The number of aryl methyl sites for hydroxylation is 1. The zero-order chi connectivity index (χ0) is 25.1. The third kappa shape index (κ3) is 4.06. The van der Waals surface area contributed by atoms with E-state index in [1.54, 1.807) is 19.2 Å². The van der Waals surface area contributed by atoms with Crippen LogP contribution in [0.15, 0.2) is 47.7 Å². The van der Waals surface area contributed by atoms with Gasteiger partial charge in [0.25, 0.3) is 5.56 Å². The first-order valence-electron chi connectivity index (χ1n) is 11.9. The molecule has 10 heteroatoms. The molecule has 1 aliphatic carbocycles. The van der Waals surface area contributed by atoms with Crippen molar-refractivity contribution >= 4 is 22.9 Å². The van der Waals surface area contributed by atoms with E-state index in [1.165, 1.54) is 16.5 Å². The molecule has 0 bridgehead atoms. The molecule has 0 radical (unpaired) electrons. The van der Waals surface area contributed by atoms with Crippen molar-refractivity contribution in [2.75, 3.05) is 18.0 Å². The Labute approximate surface area is 210 Å². The summed E-state index contributed by atoms with van der Waals surface area (Å²) in [6.45, 7) is 4.68. The summed E-state index contributed by atoms with van der Waals surface area (Å²) < 4.78 is 38.1. The molecule has 186 valence electrons. The highest BCUT2D eigenvalue weighted by Crippen LogP contribution is 2.37. The summed E-state index contributed by atoms with van der Waals surface area (Å²) in [5.41, 5.74) is 2.33. The Balaban J connectivity index is 1.47. The van der Waals surface area contributed by atoms with Crippen molar-refractivity contribution in [2.45, 2.75) is 44.9 Å². The Morgan fingerprint density at radius 2 is 1.92 bits per heavy atom. The lowest BCUT2D eigenvalue weighted by molar-refractivity contribution is -0.0174. The van der Waals surface area contributed by atoms with Crippen molar-refractivity contribution in [3.63, 3.8) is 0 Å². The second kappa shape index (κ2) is 8.67. The van der Waals surface area contributed by atoms with Gasteiger partial charge in [-0.1, -0.05) is 11.6 Å². The Hall–Kier alpha value is -3.30. The van der Waals surface area contributed by atoms with Crippen molar-refractivity contribution in [1.29, 1.82) is 0 Å². The van der Waals surface area contributed by atoms with Crippen LogP contribution in [0, 0.1) is 18.6 Å². The second-order valence-electron chi connectivity index (χ2n) is 9.57. The van der Waals surface area contributed by atoms with E-state index in [-0.39, 0.29) is 28.4 Å². The van der Waals surface area contributed by atoms with Crippen LogP contribution < -0.4 is 10.5 Å². The summed E-state index contributed by atoms with van der Waals surface area (Å²) in [7, 11) is 0. The van der Waals surface area contributed by atoms with Crippen molar-refractivity contribution in [1.82, 2.24) is 19.2 Å². The highest BCUT2D eigenvalue weighted by Gasteiger charge is 2.31. The van der Waals surface area contributed by atoms with E-state index in [0.29, 0.717) is 36.1 Å². The number of nitrogens with zero attached hydrogens (tertiary/aromatic N) is 5. The predicted molar refractivity (Wildman–Crippen MR) is 133 cm³/mol. The number of pyridine rings is 1. The molecule has 0 amide bonds. The molecule has 4 heterocycles. The molecule has 6 rings (SSSR count). The van der Waals surface area contributed by atoms with E-state index in [2.05, 4.69) is 15.0 Å². The number of rotatable bonds is 4. The van der Waals surface area contributed by atoms with E-state index < -0.39 is 17.2 Å². The third-order valence-electron chi connectivity index (χ3n) is 6.78. The first-order valence-corrected chi connectivity index (χ1v) is 12.3. The SMILES string of the molecule is Cc1nc2c(-c3ccc(F)cc3F)cc(N3CC(C)OC(c4cnn(C5CC5)c4)C3)cn2c(=O)c1Cl. The van der Waals surface area contributed by atoms with Gasteiger partial charge >= 0.3 is 0 Å². The minimum absolute atomic E-state index is 0.00381. The number of anilines is 1. The quantitative estimate of drug-likeness (QED) is 0.381. The van der Waals surface area contributed by atoms with Crippen molar-refractivity contribution in [2.24, 2.45) is 0 Å². The largest absolute Gasteiger partial charge is 0.367 e. The number of hydrogen-bond acceptors (Lipinski definition) is 5. The van der Waals surface area contributed by atoms with Gasteiger partial charge in [0.2, 0.25) is 0 Å². The molecule has 2 unspecified atom stereocenters. The van der Waals surface area contributed by atoms with Crippen LogP contribution in [0.25, 0.3) is 16.8 Å². The summed E-state index contributed by atoms with van der Waals surface area (Å²) in [5.74, 6) is -1.42. The van der Waals surface area contributed by atoms with Gasteiger partial charge in [0, 0.05) is 48.2 Å². The summed E-state index contributed by atoms with van der Waals surface area (Å²) in [6.07, 6.45) is 7.50. The smallest absolute Gasteiger partial charge is 0.276 e. The van der Waals surface area contributed by atoms with Crippen LogP contribution in [0.1, 0.15) is 43.2 Å². The van der Waals surface area contributed by atoms with E-state index >= 15 is 0 Å². The van der Waals surface area contributed by atoms with Crippen molar-refractivity contribution in [3.8, 4) is 11.1 Å². The molecule has 4 aromatic rings. The number of halogens is 3. The Bertz CT molecular complexity index is 1550. The van der Waals surface area contributed by atoms with Crippen LogP contribution in [0.4, 0.5) is 14.5 Å². The lowest BCUT2D eigenvalue weighted by atomic mass is 10.0. The van der Waals surface area contributed by atoms with Gasteiger partial charge in [0.05, 0.1) is 29.7 Å². The zero-order valence-corrected chi connectivity index (χ0v) is 20.5. The van der Waals surface area contributed by atoms with Gasteiger partial charge in [-0.25, -0.2) is 13.8 Å². The average Bonchev–Trinajstić information content (AvgIpc) is 3.58. The maximum absolute atomic E-state index is 14.9.